The molecule has 5 nitrogen and oxygen atoms in total. The normalized spacial score (nSPS) is 22.1. The van der Waals surface area contributed by atoms with Crippen molar-refractivity contribution in [3.63, 3.8) is 0 Å². The molecule has 1 N–H and O–H groups in total. The number of hydrogen-bond donors (Lipinski definition) is 1. The van der Waals surface area contributed by atoms with Gasteiger partial charge in [0.2, 0.25) is 5.91 Å². The van der Waals surface area contributed by atoms with Gasteiger partial charge in [-0.2, -0.15) is 0 Å². The minimum Gasteiger partial charge on any atom is -0.370 e. The van der Waals surface area contributed by atoms with Crippen LogP contribution in [0.15, 0.2) is 18.2 Å². The molecule has 2 aliphatic heterocycles. The van der Waals surface area contributed by atoms with Crippen LogP contribution in [0.4, 0.5) is 11.6 Å². The van der Waals surface area contributed by atoms with E-state index in [-0.39, 0.29) is 0 Å². The Morgan fingerprint density at radius 3 is 3.15 bits per heavy atom. The molecule has 5 heteroatoms. The second kappa shape index (κ2) is 5.69. The van der Waals surface area contributed by atoms with Crippen molar-refractivity contribution in [2.45, 2.75) is 32.2 Å². The molecule has 1 aromatic rings. The van der Waals surface area contributed by atoms with E-state index in [4.69, 9.17) is 0 Å². The first-order valence-corrected chi connectivity index (χ1v) is 7.53. The maximum atomic E-state index is 11.7. The monoisotopic (exact) mass is 274 g/mol. The van der Waals surface area contributed by atoms with Crippen LogP contribution in [0, 0.1) is 0 Å². The zero-order valence-electron chi connectivity index (χ0n) is 12.0. The Morgan fingerprint density at radius 1 is 1.40 bits per heavy atom. The van der Waals surface area contributed by atoms with Crippen LogP contribution < -0.4 is 10.2 Å². The van der Waals surface area contributed by atoms with Gasteiger partial charge in [0, 0.05) is 38.6 Å². The van der Waals surface area contributed by atoms with Crippen molar-refractivity contribution in [1.29, 1.82) is 0 Å². The summed E-state index contributed by atoms with van der Waals surface area (Å²) in [4.78, 5) is 20.7. The molecular formula is C15H22N4O. The van der Waals surface area contributed by atoms with E-state index in [1.807, 2.05) is 17.0 Å². The van der Waals surface area contributed by atoms with Crippen molar-refractivity contribution in [3.05, 3.63) is 18.2 Å². The van der Waals surface area contributed by atoms with Crippen LogP contribution in [0.2, 0.25) is 0 Å². The third-order valence-corrected chi connectivity index (χ3v) is 4.11. The third kappa shape index (κ3) is 2.57. The van der Waals surface area contributed by atoms with Crippen molar-refractivity contribution in [2.24, 2.45) is 0 Å². The lowest BCUT2D eigenvalue weighted by Gasteiger charge is -2.38. The first-order chi connectivity index (χ1) is 9.78. The highest BCUT2D eigenvalue weighted by Crippen LogP contribution is 2.25. The van der Waals surface area contributed by atoms with Gasteiger partial charge in [-0.3, -0.25) is 4.79 Å². The largest absolute Gasteiger partial charge is 0.370 e. The molecule has 1 aromatic heterocycles. The van der Waals surface area contributed by atoms with Gasteiger partial charge in [0.1, 0.15) is 11.6 Å². The highest BCUT2D eigenvalue weighted by molar-refractivity contribution is 5.79. The van der Waals surface area contributed by atoms with E-state index in [9.17, 15) is 4.79 Å². The summed E-state index contributed by atoms with van der Waals surface area (Å²) in [5.74, 6) is 2.28. The van der Waals surface area contributed by atoms with Crippen molar-refractivity contribution < 1.29 is 4.79 Å². The Kier molecular flexibility index (Phi) is 3.76. The predicted molar refractivity (Wildman–Crippen MR) is 80.0 cm³/mol. The molecule has 0 aromatic carbocycles. The number of carbonyl (C=O) groups excluding carboxylic acids is 1. The number of rotatable bonds is 4. The summed E-state index contributed by atoms with van der Waals surface area (Å²) in [6, 6.07) is 6.50. The molecule has 1 atom stereocenters. The SMILES string of the molecule is CCCNc1cccc(N2CCN3C(=O)CCC3C2)n1. The maximum Gasteiger partial charge on any atom is 0.223 e. The fraction of sp³-hybridized carbons (Fsp3) is 0.600. The van der Waals surface area contributed by atoms with E-state index in [1.165, 1.54) is 0 Å². The van der Waals surface area contributed by atoms with Crippen LogP contribution >= 0.6 is 0 Å². The molecular weight excluding hydrogens is 252 g/mol. The molecule has 2 saturated heterocycles. The molecule has 1 amide bonds. The second-order valence-electron chi connectivity index (χ2n) is 5.53. The first kappa shape index (κ1) is 13.2. The summed E-state index contributed by atoms with van der Waals surface area (Å²) < 4.78 is 0. The van der Waals surface area contributed by atoms with Gasteiger partial charge in [0.15, 0.2) is 0 Å². The van der Waals surface area contributed by atoms with Crippen LogP contribution in [-0.2, 0) is 4.79 Å². The number of pyridine rings is 1. The van der Waals surface area contributed by atoms with E-state index in [0.29, 0.717) is 18.4 Å². The molecule has 0 radical (unpaired) electrons. The number of nitrogens with zero attached hydrogens (tertiary/aromatic N) is 3. The Labute approximate surface area is 120 Å². The number of piperazine rings is 1. The van der Waals surface area contributed by atoms with Crippen LogP contribution in [-0.4, -0.2) is 48.0 Å². The quantitative estimate of drug-likeness (QED) is 0.908. The molecule has 2 fully saturated rings. The summed E-state index contributed by atoms with van der Waals surface area (Å²) in [6.45, 7) is 5.72. The number of hydrogen-bond acceptors (Lipinski definition) is 4. The number of carbonyl (C=O) groups is 1. The molecule has 108 valence electrons. The molecule has 0 saturated carbocycles. The average Bonchev–Trinajstić information content (AvgIpc) is 2.86. The molecule has 2 aliphatic rings. The van der Waals surface area contributed by atoms with Gasteiger partial charge in [-0.1, -0.05) is 13.0 Å². The van der Waals surface area contributed by atoms with Crippen molar-refractivity contribution in [3.8, 4) is 0 Å². The Balaban J connectivity index is 1.69. The van der Waals surface area contributed by atoms with Crippen molar-refractivity contribution in [2.75, 3.05) is 36.4 Å². The number of anilines is 2. The summed E-state index contributed by atoms with van der Waals surface area (Å²) in [5.41, 5.74) is 0. The molecule has 1 unspecified atom stereocenters. The maximum absolute atomic E-state index is 11.7. The first-order valence-electron chi connectivity index (χ1n) is 7.53. The zero-order chi connectivity index (χ0) is 13.9. The van der Waals surface area contributed by atoms with E-state index < -0.39 is 0 Å². The topological polar surface area (TPSA) is 48.5 Å². The summed E-state index contributed by atoms with van der Waals surface area (Å²) in [5, 5.41) is 3.32. The third-order valence-electron chi connectivity index (χ3n) is 4.11. The summed E-state index contributed by atoms with van der Waals surface area (Å²) in [7, 11) is 0. The molecule has 3 rings (SSSR count). The molecule has 0 spiro atoms. The average molecular weight is 274 g/mol. The predicted octanol–water partition coefficient (Wildman–Crippen LogP) is 1.71. The van der Waals surface area contributed by atoms with Gasteiger partial charge in [0.25, 0.3) is 0 Å². The highest BCUT2D eigenvalue weighted by Gasteiger charge is 2.35. The van der Waals surface area contributed by atoms with Crippen LogP contribution in [0.5, 0.6) is 0 Å². The number of fused-ring (bicyclic) bond motifs is 1. The highest BCUT2D eigenvalue weighted by atomic mass is 16.2. The molecule has 0 aliphatic carbocycles. The lowest BCUT2D eigenvalue weighted by atomic mass is 10.1. The fourth-order valence-electron chi connectivity index (χ4n) is 3.02. The smallest absolute Gasteiger partial charge is 0.223 e. The zero-order valence-corrected chi connectivity index (χ0v) is 12.0. The lowest BCUT2D eigenvalue weighted by Crippen LogP contribution is -2.51. The Hall–Kier alpha value is -1.78. The van der Waals surface area contributed by atoms with Gasteiger partial charge < -0.3 is 15.1 Å². The van der Waals surface area contributed by atoms with E-state index in [0.717, 1.165) is 50.7 Å². The van der Waals surface area contributed by atoms with Gasteiger partial charge >= 0.3 is 0 Å². The van der Waals surface area contributed by atoms with Gasteiger partial charge in [-0.25, -0.2) is 4.98 Å². The minimum absolute atomic E-state index is 0.320. The Bertz CT molecular complexity index is 491. The van der Waals surface area contributed by atoms with Gasteiger partial charge in [-0.05, 0) is 25.0 Å². The Morgan fingerprint density at radius 2 is 2.30 bits per heavy atom. The number of nitrogens with one attached hydrogen (secondary N) is 1. The van der Waals surface area contributed by atoms with E-state index in [1.54, 1.807) is 0 Å². The minimum atomic E-state index is 0.320. The molecule has 3 heterocycles. The van der Waals surface area contributed by atoms with E-state index >= 15 is 0 Å². The standard InChI is InChI=1S/C15H22N4O/c1-2-8-16-13-4-3-5-14(17-13)18-9-10-19-12(11-18)6-7-15(19)20/h3-5,12H,2,6-11H2,1H3,(H,16,17). The number of aromatic nitrogens is 1. The lowest BCUT2D eigenvalue weighted by molar-refractivity contribution is -0.129. The van der Waals surface area contributed by atoms with Gasteiger partial charge in [-0.15, -0.1) is 0 Å². The second-order valence-corrected chi connectivity index (χ2v) is 5.53. The van der Waals surface area contributed by atoms with Crippen molar-refractivity contribution in [1.82, 2.24) is 9.88 Å². The van der Waals surface area contributed by atoms with Crippen LogP contribution in [0.1, 0.15) is 26.2 Å². The van der Waals surface area contributed by atoms with Gasteiger partial charge in [0.05, 0.1) is 0 Å². The summed E-state index contributed by atoms with van der Waals surface area (Å²) in [6.07, 6.45) is 2.79. The van der Waals surface area contributed by atoms with E-state index in [2.05, 4.69) is 28.2 Å². The van der Waals surface area contributed by atoms with Crippen LogP contribution in [0.3, 0.4) is 0 Å². The fourth-order valence-corrected chi connectivity index (χ4v) is 3.02. The molecule has 20 heavy (non-hydrogen) atoms. The van der Waals surface area contributed by atoms with Crippen molar-refractivity contribution >= 4 is 17.5 Å². The summed E-state index contributed by atoms with van der Waals surface area (Å²) >= 11 is 0. The van der Waals surface area contributed by atoms with Crippen LogP contribution in [0.25, 0.3) is 0 Å². The number of amides is 1. The molecule has 0 bridgehead atoms.